The van der Waals surface area contributed by atoms with Gasteiger partial charge in [-0.1, -0.05) is 19.4 Å². The van der Waals surface area contributed by atoms with Crippen molar-refractivity contribution in [1.82, 2.24) is 20.3 Å². The van der Waals surface area contributed by atoms with Crippen molar-refractivity contribution in [2.75, 3.05) is 23.9 Å². The Labute approximate surface area is 167 Å². The Morgan fingerprint density at radius 1 is 1.32 bits per heavy atom. The molecule has 1 aliphatic carbocycles. The SMILES string of the molecule is CCc1nc(N)nc(NC(CNC(=O)c2cccc(S(C)=O)c2)C2CCC2)n1. The van der Waals surface area contributed by atoms with Gasteiger partial charge in [-0.2, -0.15) is 15.0 Å². The van der Waals surface area contributed by atoms with E-state index in [1.54, 1.807) is 30.5 Å². The lowest BCUT2D eigenvalue weighted by atomic mass is 9.79. The Kier molecular flexibility index (Phi) is 6.56. The number of rotatable bonds is 8. The van der Waals surface area contributed by atoms with Crippen LogP contribution in [0, 0.1) is 5.92 Å². The number of nitrogens with two attached hydrogens (primary N) is 1. The minimum Gasteiger partial charge on any atom is -0.368 e. The van der Waals surface area contributed by atoms with Gasteiger partial charge in [-0.3, -0.25) is 9.00 Å². The number of aryl methyl sites for hydroxylation is 1. The van der Waals surface area contributed by atoms with Crippen LogP contribution in [0.4, 0.5) is 11.9 Å². The monoisotopic (exact) mass is 402 g/mol. The van der Waals surface area contributed by atoms with Crippen LogP contribution in [0.2, 0.25) is 0 Å². The van der Waals surface area contributed by atoms with Crippen LogP contribution < -0.4 is 16.4 Å². The maximum absolute atomic E-state index is 12.6. The summed E-state index contributed by atoms with van der Waals surface area (Å²) in [5, 5.41) is 6.30. The molecule has 1 saturated carbocycles. The molecule has 1 heterocycles. The Morgan fingerprint density at radius 3 is 2.75 bits per heavy atom. The second-order valence-electron chi connectivity index (χ2n) is 6.92. The molecule has 0 aliphatic heterocycles. The largest absolute Gasteiger partial charge is 0.368 e. The predicted molar refractivity (Wildman–Crippen MR) is 109 cm³/mol. The molecule has 28 heavy (non-hydrogen) atoms. The number of amides is 1. The van der Waals surface area contributed by atoms with Crippen molar-refractivity contribution in [3.63, 3.8) is 0 Å². The maximum atomic E-state index is 12.6. The number of nitrogens with one attached hydrogen (secondary N) is 2. The smallest absolute Gasteiger partial charge is 0.251 e. The van der Waals surface area contributed by atoms with E-state index in [1.807, 2.05) is 6.92 Å². The van der Waals surface area contributed by atoms with E-state index in [0.29, 0.717) is 41.1 Å². The quantitative estimate of drug-likeness (QED) is 0.615. The summed E-state index contributed by atoms with van der Waals surface area (Å²) in [6, 6.07) is 6.89. The van der Waals surface area contributed by atoms with Crippen molar-refractivity contribution in [3.05, 3.63) is 35.7 Å². The van der Waals surface area contributed by atoms with Gasteiger partial charge in [0, 0.05) is 46.5 Å². The van der Waals surface area contributed by atoms with Crippen LogP contribution in [0.5, 0.6) is 0 Å². The Hall–Kier alpha value is -2.55. The summed E-state index contributed by atoms with van der Waals surface area (Å²) in [5.74, 6) is 1.52. The highest BCUT2D eigenvalue weighted by molar-refractivity contribution is 7.84. The molecule has 2 aromatic rings. The number of hydrogen-bond donors (Lipinski definition) is 3. The van der Waals surface area contributed by atoms with Crippen LogP contribution in [-0.4, -0.2) is 43.9 Å². The lowest BCUT2D eigenvalue weighted by molar-refractivity contribution is 0.0946. The van der Waals surface area contributed by atoms with Crippen molar-refractivity contribution in [2.24, 2.45) is 5.92 Å². The maximum Gasteiger partial charge on any atom is 0.251 e. The first-order valence-electron chi connectivity index (χ1n) is 9.45. The minimum atomic E-state index is -1.13. The number of anilines is 2. The zero-order valence-electron chi connectivity index (χ0n) is 16.1. The fraction of sp³-hybridized carbons (Fsp3) is 0.474. The fourth-order valence-electron chi connectivity index (χ4n) is 3.13. The molecule has 1 fully saturated rings. The van der Waals surface area contributed by atoms with Crippen molar-refractivity contribution >= 4 is 28.6 Å². The van der Waals surface area contributed by atoms with E-state index in [-0.39, 0.29) is 17.9 Å². The second-order valence-corrected chi connectivity index (χ2v) is 8.30. The molecule has 3 rings (SSSR count). The van der Waals surface area contributed by atoms with Crippen molar-refractivity contribution in [3.8, 4) is 0 Å². The van der Waals surface area contributed by atoms with Gasteiger partial charge in [0.05, 0.1) is 0 Å². The van der Waals surface area contributed by atoms with Crippen LogP contribution in [0.25, 0.3) is 0 Å². The average molecular weight is 403 g/mol. The number of benzene rings is 1. The standard InChI is InChI=1S/C19H26N6O2S/c1-3-16-23-18(20)25-19(24-16)22-15(12-6-4-7-12)11-21-17(26)13-8-5-9-14(10-13)28(2)27/h5,8-10,12,15H,3-4,6-7,11H2,1-2H3,(H,21,26)(H3,20,22,23,24,25). The van der Waals surface area contributed by atoms with Crippen LogP contribution >= 0.6 is 0 Å². The number of carbonyl (C=O) groups excluding carboxylic acids is 1. The van der Waals surface area contributed by atoms with Crippen LogP contribution in [0.3, 0.4) is 0 Å². The van der Waals surface area contributed by atoms with E-state index in [0.717, 1.165) is 12.8 Å². The molecule has 2 unspecified atom stereocenters. The number of hydrogen-bond acceptors (Lipinski definition) is 7. The fourth-order valence-corrected chi connectivity index (χ4v) is 3.69. The summed E-state index contributed by atoms with van der Waals surface area (Å²) in [6.07, 6.45) is 5.64. The molecule has 0 radical (unpaired) electrons. The van der Waals surface area contributed by atoms with Crippen LogP contribution in [0.15, 0.2) is 29.2 Å². The van der Waals surface area contributed by atoms with E-state index in [1.165, 1.54) is 6.42 Å². The Morgan fingerprint density at radius 2 is 2.11 bits per heavy atom. The molecule has 1 aliphatic rings. The molecule has 1 amide bonds. The van der Waals surface area contributed by atoms with Gasteiger partial charge in [0.15, 0.2) is 0 Å². The second kappa shape index (κ2) is 9.09. The highest BCUT2D eigenvalue weighted by Crippen LogP contribution is 2.30. The summed E-state index contributed by atoms with van der Waals surface area (Å²) >= 11 is 0. The van der Waals surface area contributed by atoms with Crippen LogP contribution in [0.1, 0.15) is 42.4 Å². The van der Waals surface area contributed by atoms with Gasteiger partial charge in [0.2, 0.25) is 11.9 Å². The normalized spacial score (nSPS) is 16.1. The van der Waals surface area contributed by atoms with Gasteiger partial charge in [-0.25, -0.2) is 0 Å². The zero-order chi connectivity index (χ0) is 20.1. The molecule has 9 heteroatoms. The summed E-state index contributed by atoms with van der Waals surface area (Å²) < 4.78 is 11.6. The Bertz CT molecular complexity index is 871. The number of carbonyl (C=O) groups is 1. The lowest BCUT2D eigenvalue weighted by Gasteiger charge is -2.34. The molecular formula is C19H26N6O2S. The van der Waals surface area contributed by atoms with Gasteiger partial charge in [0.25, 0.3) is 5.91 Å². The van der Waals surface area contributed by atoms with E-state index in [9.17, 15) is 9.00 Å². The topological polar surface area (TPSA) is 123 Å². The predicted octanol–water partition coefficient (Wildman–Crippen LogP) is 1.76. The third-order valence-corrected chi connectivity index (χ3v) is 5.88. The Balaban J connectivity index is 1.68. The lowest BCUT2D eigenvalue weighted by Crippen LogP contribution is -2.44. The summed E-state index contributed by atoms with van der Waals surface area (Å²) in [4.78, 5) is 25.9. The third kappa shape index (κ3) is 5.03. The first-order chi connectivity index (χ1) is 13.5. The van der Waals surface area contributed by atoms with Gasteiger partial charge in [-0.15, -0.1) is 0 Å². The van der Waals surface area contributed by atoms with Gasteiger partial charge < -0.3 is 16.4 Å². The summed E-state index contributed by atoms with van der Waals surface area (Å²) in [7, 11) is -1.13. The zero-order valence-corrected chi connectivity index (χ0v) is 17.0. The molecule has 1 aromatic heterocycles. The molecule has 150 valence electrons. The minimum absolute atomic E-state index is 0.00713. The van der Waals surface area contributed by atoms with Crippen molar-refractivity contribution < 1.29 is 9.00 Å². The highest BCUT2D eigenvalue weighted by atomic mass is 32.2. The molecule has 0 saturated heterocycles. The van der Waals surface area contributed by atoms with Gasteiger partial charge in [-0.05, 0) is 37.0 Å². The van der Waals surface area contributed by atoms with E-state index >= 15 is 0 Å². The van der Waals surface area contributed by atoms with Gasteiger partial charge >= 0.3 is 0 Å². The van der Waals surface area contributed by atoms with Crippen molar-refractivity contribution in [1.29, 1.82) is 0 Å². The molecule has 0 bridgehead atoms. The first kappa shape index (κ1) is 20.2. The molecular weight excluding hydrogens is 376 g/mol. The highest BCUT2D eigenvalue weighted by Gasteiger charge is 2.28. The third-order valence-electron chi connectivity index (χ3n) is 4.96. The van der Waals surface area contributed by atoms with Crippen LogP contribution in [-0.2, 0) is 17.2 Å². The van der Waals surface area contributed by atoms with E-state index in [2.05, 4.69) is 25.6 Å². The van der Waals surface area contributed by atoms with Crippen molar-refractivity contribution in [2.45, 2.75) is 43.5 Å². The molecule has 2 atom stereocenters. The molecule has 8 nitrogen and oxygen atoms in total. The molecule has 0 spiro atoms. The summed E-state index contributed by atoms with van der Waals surface area (Å²) in [6.45, 7) is 2.40. The average Bonchev–Trinajstić information content (AvgIpc) is 2.64. The molecule has 1 aromatic carbocycles. The van der Waals surface area contributed by atoms with Gasteiger partial charge in [0.1, 0.15) is 5.82 Å². The number of aromatic nitrogens is 3. The number of nitrogen functional groups attached to an aromatic ring is 1. The summed E-state index contributed by atoms with van der Waals surface area (Å²) in [5.41, 5.74) is 6.27. The first-order valence-corrected chi connectivity index (χ1v) is 11.0. The van der Waals surface area contributed by atoms with E-state index < -0.39 is 10.8 Å². The van der Waals surface area contributed by atoms with E-state index in [4.69, 9.17) is 5.73 Å². The number of nitrogens with zero attached hydrogens (tertiary/aromatic N) is 3. The molecule has 4 N–H and O–H groups in total.